The lowest BCUT2D eigenvalue weighted by Crippen LogP contribution is -2.31. The Morgan fingerprint density at radius 2 is 2.15 bits per heavy atom. The van der Waals surface area contributed by atoms with Crippen LogP contribution in [-0.4, -0.2) is 41.3 Å². The van der Waals surface area contributed by atoms with Crippen molar-refractivity contribution in [1.82, 2.24) is 5.32 Å². The predicted octanol–water partition coefficient (Wildman–Crippen LogP) is 0.538. The number of carbonyl (C=O) groups excluding carboxylic acids is 1. The van der Waals surface area contributed by atoms with E-state index in [0.29, 0.717) is 6.42 Å². The third kappa shape index (κ3) is 3.48. The summed E-state index contributed by atoms with van der Waals surface area (Å²) in [6, 6.07) is 7.87. The zero-order chi connectivity index (χ0) is 14.5. The molecule has 1 aromatic rings. The topological polar surface area (TPSA) is 98.7 Å². The van der Waals surface area contributed by atoms with Crippen LogP contribution in [0.2, 0.25) is 0 Å². The van der Waals surface area contributed by atoms with Gasteiger partial charge in [0.1, 0.15) is 0 Å². The zero-order valence-corrected chi connectivity index (χ0v) is 11.0. The lowest BCUT2D eigenvalue weighted by Gasteiger charge is -2.11. The van der Waals surface area contributed by atoms with Crippen molar-refractivity contribution in [2.45, 2.75) is 24.9 Å². The Bertz CT molecular complexity index is 504. The molecule has 1 aliphatic rings. The van der Waals surface area contributed by atoms with Crippen molar-refractivity contribution in [2.75, 3.05) is 18.4 Å². The van der Waals surface area contributed by atoms with Crippen LogP contribution in [0, 0.1) is 0 Å². The molecule has 1 aliphatic heterocycles. The van der Waals surface area contributed by atoms with Crippen molar-refractivity contribution >= 4 is 17.6 Å². The Labute approximate surface area is 116 Å². The second-order valence-electron chi connectivity index (χ2n) is 4.86. The average Bonchev–Trinajstić information content (AvgIpc) is 2.82. The van der Waals surface area contributed by atoms with Crippen molar-refractivity contribution in [3.05, 3.63) is 29.8 Å². The molecular formula is C14H18N2O4. The molecule has 4 N–H and O–H groups in total. The maximum atomic E-state index is 11.8. The molecule has 108 valence electrons. The van der Waals surface area contributed by atoms with Crippen LogP contribution in [-0.2, 0) is 9.59 Å². The predicted molar refractivity (Wildman–Crippen MR) is 73.6 cm³/mol. The molecule has 0 aliphatic carbocycles. The van der Waals surface area contributed by atoms with Gasteiger partial charge in [-0.25, -0.2) is 4.79 Å². The van der Waals surface area contributed by atoms with Crippen LogP contribution in [0.15, 0.2) is 24.3 Å². The minimum Gasteiger partial charge on any atom is -0.479 e. The number of benzene rings is 1. The lowest BCUT2D eigenvalue weighted by molar-refractivity contribution is -0.147. The number of nitrogens with one attached hydrogen (secondary N) is 2. The van der Waals surface area contributed by atoms with Crippen molar-refractivity contribution in [3.8, 4) is 0 Å². The molecule has 0 aromatic heterocycles. The van der Waals surface area contributed by atoms with Gasteiger partial charge in [-0.15, -0.1) is 0 Å². The average molecular weight is 278 g/mol. The van der Waals surface area contributed by atoms with E-state index in [0.717, 1.165) is 17.8 Å². The quantitative estimate of drug-likeness (QED) is 0.608. The zero-order valence-electron chi connectivity index (χ0n) is 11.0. The number of aliphatic hydroxyl groups is 1. The summed E-state index contributed by atoms with van der Waals surface area (Å²) in [6.07, 6.45) is -1.06. The Balaban J connectivity index is 1.77. The van der Waals surface area contributed by atoms with E-state index in [1.165, 1.54) is 0 Å². The first-order valence-electron chi connectivity index (χ1n) is 6.58. The molecule has 2 unspecified atom stereocenters. The van der Waals surface area contributed by atoms with Gasteiger partial charge >= 0.3 is 5.97 Å². The fourth-order valence-electron chi connectivity index (χ4n) is 2.31. The number of hydrogen-bond acceptors (Lipinski definition) is 4. The van der Waals surface area contributed by atoms with Gasteiger partial charge < -0.3 is 20.8 Å². The van der Waals surface area contributed by atoms with Crippen molar-refractivity contribution < 1.29 is 19.8 Å². The Hall–Kier alpha value is -2.08. The van der Waals surface area contributed by atoms with Crippen LogP contribution in [0.5, 0.6) is 0 Å². The summed E-state index contributed by atoms with van der Waals surface area (Å²) >= 11 is 0. The number of amides is 1. The lowest BCUT2D eigenvalue weighted by atomic mass is 9.97. The van der Waals surface area contributed by atoms with E-state index in [-0.39, 0.29) is 24.8 Å². The minimum atomic E-state index is -1.43. The van der Waals surface area contributed by atoms with E-state index in [1.54, 1.807) is 0 Å². The summed E-state index contributed by atoms with van der Waals surface area (Å²) in [5.74, 6) is -1.27. The maximum absolute atomic E-state index is 11.8. The minimum absolute atomic E-state index is 0.0145. The molecule has 0 fully saturated rings. The molecule has 0 radical (unpaired) electrons. The fraction of sp³-hybridized carbons (Fsp3) is 0.429. The molecule has 0 saturated heterocycles. The van der Waals surface area contributed by atoms with Crippen LogP contribution in [0.25, 0.3) is 0 Å². The van der Waals surface area contributed by atoms with Gasteiger partial charge in [0.25, 0.3) is 0 Å². The molecule has 0 spiro atoms. The van der Waals surface area contributed by atoms with E-state index in [9.17, 15) is 9.59 Å². The Morgan fingerprint density at radius 3 is 2.90 bits per heavy atom. The van der Waals surface area contributed by atoms with Gasteiger partial charge in [0, 0.05) is 37.5 Å². The van der Waals surface area contributed by atoms with E-state index >= 15 is 0 Å². The van der Waals surface area contributed by atoms with Crippen molar-refractivity contribution in [1.29, 1.82) is 0 Å². The van der Waals surface area contributed by atoms with E-state index in [2.05, 4.69) is 10.6 Å². The third-order valence-corrected chi connectivity index (χ3v) is 3.40. The van der Waals surface area contributed by atoms with Crippen LogP contribution in [0.1, 0.15) is 24.3 Å². The summed E-state index contributed by atoms with van der Waals surface area (Å²) in [5, 5.41) is 23.5. The molecule has 6 nitrogen and oxygen atoms in total. The number of rotatable bonds is 6. The van der Waals surface area contributed by atoms with Crippen LogP contribution < -0.4 is 10.6 Å². The molecular weight excluding hydrogens is 260 g/mol. The first-order valence-corrected chi connectivity index (χ1v) is 6.58. The summed E-state index contributed by atoms with van der Waals surface area (Å²) in [7, 11) is 0. The Kier molecular flexibility index (Phi) is 4.57. The molecule has 2 atom stereocenters. The molecule has 20 heavy (non-hydrogen) atoms. The van der Waals surface area contributed by atoms with Gasteiger partial charge in [-0.1, -0.05) is 18.2 Å². The summed E-state index contributed by atoms with van der Waals surface area (Å²) in [6.45, 7) is 0.888. The summed E-state index contributed by atoms with van der Waals surface area (Å²) in [4.78, 5) is 22.2. The molecule has 1 aromatic carbocycles. The molecule has 6 heteroatoms. The van der Waals surface area contributed by atoms with E-state index in [4.69, 9.17) is 10.2 Å². The molecule has 0 saturated carbocycles. The molecule has 1 amide bonds. The second kappa shape index (κ2) is 6.38. The summed E-state index contributed by atoms with van der Waals surface area (Å²) in [5.41, 5.74) is 2.19. The molecule has 1 heterocycles. The number of carboxylic acid groups (broad SMARTS) is 1. The highest BCUT2D eigenvalue weighted by molar-refractivity contribution is 5.78. The fourth-order valence-corrected chi connectivity index (χ4v) is 2.31. The number of carboxylic acids is 1. The number of para-hydroxylation sites is 1. The second-order valence-corrected chi connectivity index (χ2v) is 4.86. The SMILES string of the molecule is O=C(CC1CNc2ccccc21)NCCC(O)C(=O)O. The third-order valence-electron chi connectivity index (χ3n) is 3.40. The number of aliphatic hydroxyl groups excluding tert-OH is 1. The first-order chi connectivity index (χ1) is 9.58. The normalized spacial score (nSPS) is 17.9. The number of aliphatic carboxylic acids is 1. The first kappa shape index (κ1) is 14.3. The number of carbonyl (C=O) groups is 2. The van der Waals surface area contributed by atoms with Gasteiger partial charge in [-0.05, 0) is 11.6 Å². The highest BCUT2D eigenvalue weighted by atomic mass is 16.4. The van der Waals surface area contributed by atoms with Crippen molar-refractivity contribution in [2.24, 2.45) is 0 Å². The number of fused-ring (bicyclic) bond motifs is 1. The van der Waals surface area contributed by atoms with Gasteiger partial charge in [0.2, 0.25) is 5.91 Å². The van der Waals surface area contributed by atoms with Crippen molar-refractivity contribution in [3.63, 3.8) is 0 Å². The van der Waals surface area contributed by atoms with E-state index in [1.807, 2.05) is 24.3 Å². The molecule has 2 rings (SSSR count). The highest BCUT2D eigenvalue weighted by Gasteiger charge is 2.24. The smallest absolute Gasteiger partial charge is 0.332 e. The van der Waals surface area contributed by atoms with Gasteiger partial charge in [-0.2, -0.15) is 0 Å². The summed E-state index contributed by atoms with van der Waals surface area (Å²) < 4.78 is 0. The van der Waals surface area contributed by atoms with Gasteiger partial charge in [0.05, 0.1) is 0 Å². The van der Waals surface area contributed by atoms with Crippen LogP contribution in [0.4, 0.5) is 5.69 Å². The molecule has 0 bridgehead atoms. The highest BCUT2D eigenvalue weighted by Crippen LogP contribution is 2.32. The van der Waals surface area contributed by atoms with Gasteiger partial charge in [-0.3, -0.25) is 4.79 Å². The standard InChI is InChI=1S/C14H18N2O4/c17-12(14(19)20)5-6-15-13(18)7-9-8-16-11-4-2-1-3-10(9)11/h1-4,9,12,16-17H,5-8H2,(H,15,18)(H,19,20). The largest absolute Gasteiger partial charge is 0.479 e. The maximum Gasteiger partial charge on any atom is 0.332 e. The van der Waals surface area contributed by atoms with Gasteiger partial charge in [0.15, 0.2) is 6.10 Å². The number of anilines is 1. The van der Waals surface area contributed by atoms with E-state index < -0.39 is 12.1 Å². The Morgan fingerprint density at radius 1 is 1.40 bits per heavy atom. The number of hydrogen-bond donors (Lipinski definition) is 4. The monoisotopic (exact) mass is 278 g/mol. The van der Waals surface area contributed by atoms with Crippen LogP contribution >= 0.6 is 0 Å². The van der Waals surface area contributed by atoms with Crippen LogP contribution in [0.3, 0.4) is 0 Å².